The molecule has 0 N–H and O–H groups in total. The SMILES string of the molecule is C=C(N=CC1=C(C)C2(c3cc(-n4c5ccccc5c5ccccc54)ccc31)c1ccccc1-c1ccccc12)c1ccccc1. The van der Waals surface area contributed by atoms with Gasteiger partial charge in [-0.15, -0.1) is 0 Å². The smallest absolute Gasteiger partial charge is 0.0687 e. The van der Waals surface area contributed by atoms with E-state index in [0.717, 1.165) is 22.5 Å². The molecule has 9 rings (SSSR count). The first kappa shape index (κ1) is 25.7. The van der Waals surface area contributed by atoms with Crippen molar-refractivity contribution in [2.75, 3.05) is 0 Å². The number of rotatable bonds is 4. The monoisotopic (exact) mass is 574 g/mol. The number of hydrogen-bond donors (Lipinski definition) is 0. The minimum Gasteiger partial charge on any atom is -0.309 e. The van der Waals surface area contributed by atoms with Gasteiger partial charge in [0.15, 0.2) is 0 Å². The van der Waals surface area contributed by atoms with Gasteiger partial charge in [-0.3, -0.25) is 4.99 Å². The number of benzene rings is 6. The Morgan fingerprint density at radius 2 is 1.16 bits per heavy atom. The number of aromatic nitrogens is 1. The number of aliphatic imine (C=N–C) groups is 1. The Balaban J connectivity index is 1.33. The highest BCUT2D eigenvalue weighted by Gasteiger charge is 2.51. The first-order valence-electron chi connectivity index (χ1n) is 15.5. The summed E-state index contributed by atoms with van der Waals surface area (Å²) in [5.74, 6) is 0. The molecule has 212 valence electrons. The van der Waals surface area contributed by atoms with E-state index in [1.54, 1.807) is 0 Å². The van der Waals surface area contributed by atoms with Crippen molar-refractivity contribution in [2.24, 2.45) is 4.99 Å². The molecule has 1 spiro atoms. The second-order valence-corrected chi connectivity index (χ2v) is 12.1. The van der Waals surface area contributed by atoms with Gasteiger partial charge in [-0.25, -0.2) is 0 Å². The molecule has 2 nitrogen and oxygen atoms in total. The minimum absolute atomic E-state index is 0.424. The van der Waals surface area contributed by atoms with Crippen molar-refractivity contribution in [3.63, 3.8) is 0 Å². The van der Waals surface area contributed by atoms with Crippen LogP contribution in [0.4, 0.5) is 0 Å². The number of nitrogens with zero attached hydrogens (tertiary/aromatic N) is 2. The molecule has 1 heterocycles. The third kappa shape index (κ3) is 3.48. The molecule has 0 unspecified atom stereocenters. The van der Waals surface area contributed by atoms with Crippen molar-refractivity contribution < 1.29 is 0 Å². The molecule has 0 amide bonds. The van der Waals surface area contributed by atoms with Crippen LogP contribution in [0.3, 0.4) is 0 Å². The van der Waals surface area contributed by atoms with E-state index in [1.165, 1.54) is 60.8 Å². The summed E-state index contributed by atoms with van der Waals surface area (Å²) in [6, 6.07) is 52.5. The fourth-order valence-electron chi connectivity index (χ4n) is 7.97. The number of fused-ring (bicyclic) bond motifs is 10. The van der Waals surface area contributed by atoms with Crippen molar-refractivity contribution in [3.05, 3.63) is 186 Å². The average Bonchev–Trinajstić information content (AvgIpc) is 3.68. The van der Waals surface area contributed by atoms with Gasteiger partial charge in [0.25, 0.3) is 0 Å². The van der Waals surface area contributed by atoms with Crippen LogP contribution in [-0.2, 0) is 5.41 Å². The van der Waals surface area contributed by atoms with Crippen molar-refractivity contribution in [2.45, 2.75) is 12.3 Å². The number of para-hydroxylation sites is 2. The zero-order valence-electron chi connectivity index (χ0n) is 25.0. The lowest BCUT2D eigenvalue weighted by Gasteiger charge is -2.31. The molecule has 2 aliphatic carbocycles. The van der Waals surface area contributed by atoms with E-state index in [2.05, 4.69) is 145 Å². The molecule has 2 heteroatoms. The van der Waals surface area contributed by atoms with Crippen LogP contribution in [0.5, 0.6) is 0 Å². The highest BCUT2D eigenvalue weighted by Crippen LogP contribution is 2.61. The molecule has 0 saturated heterocycles. The fraction of sp³-hybridized carbons (Fsp3) is 0.0465. The van der Waals surface area contributed by atoms with E-state index in [9.17, 15) is 0 Å². The lowest BCUT2D eigenvalue weighted by atomic mass is 9.70. The predicted molar refractivity (Wildman–Crippen MR) is 189 cm³/mol. The second-order valence-electron chi connectivity index (χ2n) is 12.1. The van der Waals surface area contributed by atoms with Crippen LogP contribution in [0.2, 0.25) is 0 Å². The number of allylic oxidation sites excluding steroid dienone is 2. The Labute approximate surface area is 263 Å². The molecular weight excluding hydrogens is 544 g/mol. The largest absolute Gasteiger partial charge is 0.309 e. The summed E-state index contributed by atoms with van der Waals surface area (Å²) in [5, 5.41) is 2.53. The van der Waals surface area contributed by atoms with E-state index >= 15 is 0 Å². The Kier molecular flexibility index (Phi) is 5.51. The van der Waals surface area contributed by atoms with Crippen molar-refractivity contribution in [3.8, 4) is 16.8 Å². The Hall–Kier alpha value is -5.73. The van der Waals surface area contributed by atoms with Gasteiger partial charge in [0.2, 0.25) is 0 Å². The van der Waals surface area contributed by atoms with Gasteiger partial charge in [-0.05, 0) is 75.7 Å². The molecule has 45 heavy (non-hydrogen) atoms. The van der Waals surface area contributed by atoms with Crippen molar-refractivity contribution in [1.82, 2.24) is 4.57 Å². The van der Waals surface area contributed by atoms with Gasteiger partial charge in [0.1, 0.15) is 0 Å². The van der Waals surface area contributed by atoms with Crippen LogP contribution >= 0.6 is 0 Å². The zero-order valence-corrected chi connectivity index (χ0v) is 25.0. The highest BCUT2D eigenvalue weighted by atomic mass is 15.0. The molecule has 0 aliphatic heterocycles. The van der Waals surface area contributed by atoms with Gasteiger partial charge >= 0.3 is 0 Å². The molecule has 0 atom stereocenters. The Morgan fingerprint density at radius 3 is 1.80 bits per heavy atom. The van der Waals surface area contributed by atoms with Crippen LogP contribution in [0.25, 0.3) is 49.9 Å². The second kappa shape index (κ2) is 9.64. The third-order valence-corrected chi connectivity index (χ3v) is 9.91. The van der Waals surface area contributed by atoms with Gasteiger partial charge in [-0.2, -0.15) is 0 Å². The normalized spacial score (nSPS) is 14.4. The molecular formula is C43H30N2. The van der Waals surface area contributed by atoms with Crippen LogP contribution in [0.15, 0.2) is 163 Å². The summed E-state index contributed by atoms with van der Waals surface area (Å²) in [7, 11) is 0. The summed E-state index contributed by atoms with van der Waals surface area (Å²) in [6.45, 7) is 6.61. The Morgan fingerprint density at radius 1 is 0.600 bits per heavy atom. The molecule has 6 aromatic carbocycles. The zero-order chi connectivity index (χ0) is 30.1. The van der Waals surface area contributed by atoms with Crippen LogP contribution in [0, 0.1) is 0 Å². The van der Waals surface area contributed by atoms with Gasteiger partial charge in [-0.1, -0.05) is 128 Å². The molecule has 0 bridgehead atoms. The van der Waals surface area contributed by atoms with Gasteiger partial charge in [0, 0.05) is 28.2 Å². The standard InChI is InChI=1S/C43H30N2/c1-28-37(27-44-29(2)30-14-4-3-5-15-30)34-25-24-31(45-41-22-12-8-18-35(41)36-19-9-13-23-42(36)45)26-40(34)43(28)38-20-10-6-16-32(38)33-17-7-11-21-39(33)43/h3-27H,2H2,1H3. The first-order valence-corrected chi connectivity index (χ1v) is 15.5. The fourth-order valence-corrected chi connectivity index (χ4v) is 7.97. The maximum atomic E-state index is 4.96. The molecule has 1 aromatic heterocycles. The molecule has 7 aromatic rings. The van der Waals surface area contributed by atoms with E-state index < -0.39 is 5.41 Å². The van der Waals surface area contributed by atoms with Crippen LogP contribution in [-0.4, -0.2) is 10.8 Å². The maximum absolute atomic E-state index is 4.96. The van der Waals surface area contributed by atoms with Gasteiger partial charge in [0.05, 0.1) is 22.1 Å². The van der Waals surface area contributed by atoms with E-state index in [-0.39, 0.29) is 0 Å². The third-order valence-electron chi connectivity index (χ3n) is 9.91. The van der Waals surface area contributed by atoms with E-state index in [1.807, 2.05) is 24.4 Å². The lowest BCUT2D eigenvalue weighted by molar-refractivity contribution is 0.766. The summed E-state index contributed by atoms with van der Waals surface area (Å²) >= 11 is 0. The topological polar surface area (TPSA) is 17.3 Å². The highest BCUT2D eigenvalue weighted by molar-refractivity contribution is 6.17. The first-order chi connectivity index (χ1) is 22.2. The molecule has 0 radical (unpaired) electrons. The quantitative estimate of drug-likeness (QED) is 0.186. The summed E-state index contributed by atoms with van der Waals surface area (Å²) in [5.41, 5.74) is 15.2. The van der Waals surface area contributed by atoms with E-state index in [4.69, 9.17) is 4.99 Å². The molecule has 0 fully saturated rings. The van der Waals surface area contributed by atoms with Crippen LogP contribution in [0.1, 0.15) is 34.7 Å². The van der Waals surface area contributed by atoms with E-state index in [0.29, 0.717) is 0 Å². The summed E-state index contributed by atoms with van der Waals surface area (Å²) in [4.78, 5) is 4.96. The van der Waals surface area contributed by atoms with Crippen LogP contribution < -0.4 is 0 Å². The molecule has 0 saturated carbocycles. The predicted octanol–water partition coefficient (Wildman–Crippen LogP) is 10.6. The minimum atomic E-state index is -0.424. The summed E-state index contributed by atoms with van der Waals surface area (Å²) in [6.07, 6.45) is 2.04. The number of hydrogen-bond acceptors (Lipinski definition) is 1. The maximum Gasteiger partial charge on any atom is 0.0687 e. The van der Waals surface area contributed by atoms with Crippen molar-refractivity contribution in [1.29, 1.82) is 0 Å². The lowest BCUT2D eigenvalue weighted by Crippen LogP contribution is -2.26. The molecule has 2 aliphatic rings. The Bertz CT molecular complexity index is 2300. The average molecular weight is 575 g/mol. The summed E-state index contributed by atoms with van der Waals surface area (Å²) < 4.78 is 2.42. The van der Waals surface area contributed by atoms with Gasteiger partial charge < -0.3 is 4.57 Å². The van der Waals surface area contributed by atoms with Crippen molar-refractivity contribution >= 4 is 39.3 Å².